The van der Waals surface area contributed by atoms with Crippen LogP contribution in [0.1, 0.15) is 60.9 Å². The summed E-state index contributed by atoms with van der Waals surface area (Å²) in [5.74, 6) is 1.55. The number of hydrogen-bond donors (Lipinski definition) is 1. The van der Waals surface area contributed by atoms with E-state index in [9.17, 15) is 9.90 Å². The molecular formula is C31H37NO3. The number of ether oxygens (including phenoxy) is 1. The first-order chi connectivity index (χ1) is 16.8. The smallest absolute Gasteiger partial charge is 0.223 e. The van der Waals surface area contributed by atoms with Gasteiger partial charge in [0.1, 0.15) is 11.4 Å². The van der Waals surface area contributed by atoms with Crippen molar-refractivity contribution >= 4 is 5.91 Å². The average Bonchev–Trinajstić information content (AvgIpc) is 3.18. The minimum Gasteiger partial charge on any atom is -0.487 e. The summed E-state index contributed by atoms with van der Waals surface area (Å²) in [6, 6.07) is 25.1. The molecule has 1 amide bonds. The molecule has 184 valence electrons. The quantitative estimate of drug-likeness (QED) is 0.413. The number of hydrogen-bond acceptors (Lipinski definition) is 3. The topological polar surface area (TPSA) is 49.8 Å². The van der Waals surface area contributed by atoms with Crippen LogP contribution in [0.4, 0.5) is 0 Å². The lowest BCUT2D eigenvalue weighted by atomic mass is 9.90. The Hall–Kier alpha value is -3.11. The van der Waals surface area contributed by atoms with Crippen molar-refractivity contribution in [2.75, 3.05) is 13.2 Å². The van der Waals surface area contributed by atoms with Crippen LogP contribution in [-0.4, -0.2) is 34.7 Å². The normalized spacial score (nSPS) is 16.7. The van der Waals surface area contributed by atoms with Crippen molar-refractivity contribution in [2.24, 2.45) is 0 Å². The van der Waals surface area contributed by atoms with Gasteiger partial charge in [0.2, 0.25) is 5.91 Å². The van der Waals surface area contributed by atoms with Crippen molar-refractivity contribution in [3.05, 3.63) is 101 Å². The molecule has 0 aromatic heterocycles. The molecule has 1 heterocycles. The minimum atomic E-state index is -0.260. The van der Waals surface area contributed by atoms with Crippen LogP contribution in [0.2, 0.25) is 0 Å². The number of nitrogens with zero attached hydrogens (tertiary/aromatic N) is 1. The minimum absolute atomic E-state index is 0.0342. The molecule has 0 saturated heterocycles. The highest BCUT2D eigenvalue weighted by Gasteiger charge is 2.35. The van der Waals surface area contributed by atoms with Gasteiger partial charge in [0.05, 0.1) is 6.61 Å². The zero-order chi connectivity index (χ0) is 24.8. The monoisotopic (exact) mass is 471 g/mol. The van der Waals surface area contributed by atoms with E-state index < -0.39 is 0 Å². The van der Waals surface area contributed by atoms with Crippen LogP contribution >= 0.6 is 0 Å². The van der Waals surface area contributed by atoms with Crippen LogP contribution < -0.4 is 4.74 Å². The van der Waals surface area contributed by atoms with Crippen molar-refractivity contribution in [3.8, 4) is 5.75 Å². The van der Waals surface area contributed by atoms with Gasteiger partial charge in [-0.3, -0.25) is 4.79 Å². The fourth-order valence-corrected chi connectivity index (χ4v) is 4.91. The van der Waals surface area contributed by atoms with Crippen molar-refractivity contribution in [1.82, 2.24) is 4.90 Å². The number of carbonyl (C=O) groups excluding carboxylic acids is 1. The molecule has 4 rings (SSSR count). The van der Waals surface area contributed by atoms with Gasteiger partial charge in [-0.25, -0.2) is 0 Å². The Morgan fingerprint density at radius 3 is 2.40 bits per heavy atom. The van der Waals surface area contributed by atoms with Gasteiger partial charge < -0.3 is 14.7 Å². The summed E-state index contributed by atoms with van der Waals surface area (Å²) < 4.78 is 6.39. The molecular weight excluding hydrogens is 434 g/mol. The summed E-state index contributed by atoms with van der Waals surface area (Å²) in [6.45, 7) is 7.45. The lowest BCUT2D eigenvalue weighted by Gasteiger charge is -2.24. The molecule has 0 radical (unpaired) electrons. The Balaban J connectivity index is 1.35. The van der Waals surface area contributed by atoms with Crippen molar-refractivity contribution in [2.45, 2.75) is 64.5 Å². The van der Waals surface area contributed by atoms with Gasteiger partial charge in [-0.1, -0.05) is 80.6 Å². The summed E-state index contributed by atoms with van der Waals surface area (Å²) in [6.07, 6.45) is 2.83. The standard InChI is InChI=1S/C31H37NO3/c1-23(2)27-13-9-25(10-14-27)20-31(3)21-28-19-24(11-15-29(28)35-31)12-16-30(34)32(17-18-33)22-26-7-5-4-6-8-26/h4-11,13-15,19,23,33H,12,16-18,20-22H2,1-3H3. The number of fused-ring (bicyclic) bond motifs is 1. The first-order valence-corrected chi connectivity index (χ1v) is 12.7. The zero-order valence-electron chi connectivity index (χ0n) is 21.2. The Morgan fingerprint density at radius 2 is 1.71 bits per heavy atom. The summed E-state index contributed by atoms with van der Waals surface area (Å²) in [7, 11) is 0. The lowest BCUT2D eigenvalue weighted by Crippen LogP contribution is -2.33. The van der Waals surface area contributed by atoms with Gasteiger partial charge >= 0.3 is 0 Å². The molecule has 1 unspecified atom stereocenters. The SMILES string of the molecule is CC(C)c1ccc(CC2(C)Cc3cc(CCC(=O)N(CCO)Cc4ccccc4)ccc3O2)cc1. The Morgan fingerprint density at radius 1 is 1.00 bits per heavy atom. The van der Waals surface area contributed by atoms with Gasteiger partial charge in [-0.05, 0) is 53.1 Å². The first kappa shape index (κ1) is 25.0. The molecule has 1 aliphatic rings. The van der Waals surface area contributed by atoms with Crippen LogP contribution in [0.3, 0.4) is 0 Å². The second-order valence-corrected chi connectivity index (χ2v) is 10.3. The molecule has 1 aliphatic heterocycles. The maximum Gasteiger partial charge on any atom is 0.223 e. The summed E-state index contributed by atoms with van der Waals surface area (Å²) in [5, 5.41) is 9.44. The van der Waals surface area contributed by atoms with Crippen molar-refractivity contribution in [1.29, 1.82) is 0 Å². The molecule has 0 spiro atoms. The predicted molar refractivity (Wildman–Crippen MR) is 141 cm³/mol. The van der Waals surface area contributed by atoms with E-state index >= 15 is 0 Å². The predicted octanol–water partition coefficient (Wildman–Crippen LogP) is 5.70. The van der Waals surface area contributed by atoms with Crippen LogP contribution in [0, 0.1) is 0 Å². The van der Waals surface area contributed by atoms with Crippen LogP contribution in [0.15, 0.2) is 72.8 Å². The number of aryl methyl sites for hydroxylation is 1. The summed E-state index contributed by atoms with van der Waals surface area (Å²) >= 11 is 0. The first-order valence-electron chi connectivity index (χ1n) is 12.7. The van der Waals surface area contributed by atoms with Gasteiger partial charge in [0.15, 0.2) is 0 Å². The van der Waals surface area contributed by atoms with Gasteiger partial charge in [0, 0.05) is 32.4 Å². The number of carbonyl (C=O) groups is 1. The molecule has 0 bridgehead atoms. The molecule has 3 aromatic carbocycles. The second kappa shape index (κ2) is 11.1. The molecule has 1 N–H and O–H groups in total. The third kappa shape index (κ3) is 6.52. The van der Waals surface area contributed by atoms with E-state index in [1.165, 1.54) is 16.7 Å². The summed E-state index contributed by atoms with van der Waals surface area (Å²) in [5.41, 5.74) is 5.82. The van der Waals surface area contributed by atoms with Gasteiger partial charge in [-0.2, -0.15) is 0 Å². The highest BCUT2D eigenvalue weighted by atomic mass is 16.5. The lowest BCUT2D eigenvalue weighted by molar-refractivity contribution is -0.132. The van der Waals surface area contributed by atoms with E-state index in [0.29, 0.717) is 31.8 Å². The number of amides is 1. The molecule has 0 saturated carbocycles. The van der Waals surface area contributed by atoms with Crippen LogP contribution in [0.5, 0.6) is 5.75 Å². The van der Waals surface area contributed by atoms with E-state index in [2.05, 4.69) is 63.2 Å². The largest absolute Gasteiger partial charge is 0.487 e. The zero-order valence-corrected chi connectivity index (χ0v) is 21.2. The van der Waals surface area contributed by atoms with Crippen molar-refractivity contribution in [3.63, 3.8) is 0 Å². The van der Waals surface area contributed by atoms with Gasteiger partial charge in [0.25, 0.3) is 0 Å². The molecule has 35 heavy (non-hydrogen) atoms. The van der Waals surface area contributed by atoms with Crippen LogP contribution in [-0.2, 0) is 30.6 Å². The highest BCUT2D eigenvalue weighted by molar-refractivity contribution is 5.76. The Bertz CT molecular complexity index is 1120. The van der Waals surface area contributed by atoms with Crippen molar-refractivity contribution < 1.29 is 14.6 Å². The Labute approximate surface area is 209 Å². The average molecular weight is 472 g/mol. The number of aliphatic hydroxyl groups excluding tert-OH is 1. The fraction of sp³-hybridized carbons (Fsp3) is 0.387. The molecule has 4 nitrogen and oxygen atoms in total. The fourth-order valence-electron chi connectivity index (χ4n) is 4.91. The molecule has 4 heteroatoms. The highest BCUT2D eigenvalue weighted by Crippen LogP contribution is 2.37. The Kier molecular flexibility index (Phi) is 7.92. The second-order valence-electron chi connectivity index (χ2n) is 10.3. The maximum atomic E-state index is 12.9. The van der Waals surface area contributed by atoms with E-state index in [1.807, 2.05) is 30.3 Å². The van der Waals surface area contributed by atoms with E-state index in [0.717, 1.165) is 29.7 Å². The maximum absolute atomic E-state index is 12.9. The van der Waals surface area contributed by atoms with Crippen LogP contribution in [0.25, 0.3) is 0 Å². The summed E-state index contributed by atoms with van der Waals surface area (Å²) in [4.78, 5) is 14.7. The third-order valence-electron chi connectivity index (χ3n) is 6.84. The van der Waals surface area contributed by atoms with E-state index in [1.54, 1.807) is 4.90 Å². The molecule has 0 fully saturated rings. The van der Waals surface area contributed by atoms with Gasteiger partial charge in [-0.15, -0.1) is 0 Å². The van der Waals surface area contributed by atoms with E-state index in [-0.39, 0.29) is 18.1 Å². The van der Waals surface area contributed by atoms with E-state index in [4.69, 9.17) is 4.74 Å². The number of rotatable bonds is 10. The molecule has 0 aliphatic carbocycles. The number of benzene rings is 3. The third-order valence-corrected chi connectivity index (χ3v) is 6.84. The number of aliphatic hydroxyl groups is 1. The molecule has 1 atom stereocenters. The molecule has 3 aromatic rings.